The molecule has 0 amide bonds. The topological polar surface area (TPSA) is 0 Å². The molecule has 100 valence electrons. The normalized spacial score (nSPS) is 10.9. The van der Waals surface area contributed by atoms with Gasteiger partial charge in [-0.3, -0.25) is 0 Å². The molecule has 3 rings (SSSR count). The van der Waals surface area contributed by atoms with Crippen LogP contribution in [0.3, 0.4) is 0 Å². The summed E-state index contributed by atoms with van der Waals surface area (Å²) in [7, 11) is 0. The second-order valence-electron chi connectivity index (χ2n) is 4.61. The first-order valence-electron chi connectivity index (χ1n) is 6.27. The summed E-state index contributed by atoms with van der Waals surface area (Å²) in [6.45, 7) is 0. The highest BCUT2D eigenvalue weighted by Crippen LogP contribution is 2.37. The van der Waals surface area contributed by atoms with Gasteiger partial charge in [0.2, 0.25) is 0 Å². The minimum Gasteiger partial charge on any atom is -0.175 e. The van der Waals surface area contributed by atoms with E-state index in [4.69, 9.17) is 11.6 Å². The van der Waals surface area contributed by atoms with Crippen molar-refractivity contribution in [3.05, 3.63) is 69.7 Å². The van der Waals surface area contributed by atoms with Crippen molar-refractivity contribution in [3.8, 4) is 11.1 Å². The van der Waals surface area contributed by atoms with Crippen molar-refractivity contribution in [2.24, 2.45) is 0 Å². The van der Waals surface area contributed by atoms with Crippen molar-refractivity contribution in [3.63, 3.8) is 0 Å². The fourth-order valence-electron chi connectivity index (χ4n) is 2.38. The number of hydrogen-bond donors (Lipinski definition) is 1. The maximum atomic E-state index is 6.15. The van der Waals surface area contributed by atoms with Crippen LogP contribution in [0.15, 0.2) is 59.1 Å². The first-order valence-corrected chi connectivity index (χ1v) is 8.08. The van der Waals surface area contributed by atoms with E-state index in [-0.39, 0.29) is 0 Å². The Morgan fingerprint density at radius 3 is 2.55 bits per heavy atom. The molecule has 0 N–H and O–H groups in total. The summed E-state index contributed by atoms with van der Waals surface area (Å²) in [4.78, 5) is 0. The fourth-order valence-corrected chi connectivity index (χ4v) is 3.53. The van der Waals surface area contributed by atoms with E-state index in [0.29, 0.717) is 5.75 Å². The molecule has 0 aliphatic carbocycles. The number of benzene rings is 3. The molecule has 0 saturated heterocycles. The van der Waals surface area contributed by atoms with Crippen LogP contribution in [0, 0.1) is 0 Å². The zero-order chi connectivity index (χ0) is 14.1. The number of rotatable bonds is 2. The van der Waals surface area contributed by atoms with Crippen LogP contribution in [0.1, 0.15) is 5.56 Å². The van der Waals surface area contributed by atoms with Crippen molar-refractivity contribution >= 4 is 50.9 Å². The summed E-state index contributed by atoms with van der Waals surface area (Å²) in [5, 5.41) is 3.17. The Labute approximate surface area is 137 Å². The lowest BCUT2D eigenvalue weighted by Crippen LogP contribution is -1.89. The molecule has 0 aliphatic rings. The van der Waals surface area contributed by atoms with Crippen LogP contribution in [0.25, 0.3) is 21.9 Å². The highest BCUT2D eigenvalue weighted by atomic mass is 79.9. The fraction of sp³-hybridized carbons (Fsp3) is 0.0588. The molecule has 0 radical (unpaired) electrons. The standard InChI is InChI=1S/C17H12BrClS/c18-17-14-4-2-1-3-11(14)6-8-15(17)16-9-13(19)7-5-12(16)10-20/h1-9,20H,10H2. The van der Waals surface area contributed by atoms with Crippen molar-refractivity contribution in [2.75, 3.05) is 0 Å². The van der Waals surface area contributed by atoms with Gasteiger partial charge in [-0.1, -0.05) is 54.1 Å². The molecule has 20 heavy (non-hydrogen) atoms. The molecule has 0 nitrogen and oxygen atoms in total. The number of halogens is 2. The monoisotopic (exact) mass is 362 g/mol. The summed E-state index contributed by atoms with van der Waals surface area (Å²) in [6.07, 6.45) is 0. The lowest BCUT2D eigenvalue weighted by atomic mass is 9.98. The van der Waals surface area contributed by atoms with Gasteiger partial charge in [0.1, 0.15) is 0 Å². The Morgan fingerprint density at radius 2 is 1.75 bits per heavy atom. The minimum atomic E-state index is 0.686. The molecule has 0 saturated carbocycles. The molecule has 0 spiro atoms. The van der Waals surface area contributed by atoms with Gasteiger partial charge in [-0.15, -0.1) is 0 Å². The Morgan fingerprint density at radius 1 is 0.950 bits per heavy atom. The third kappa shape index (κ3) is 2.48. The van der Waals surface area contributed by atoms with E-state index in [1.165, 1.54) is 16.3 Å². The zero-order valence-electron chi connectivity index (χ0n) is 10.6. The molecule has 0 aromatic heterocycles. The van der Waals surface area contributed by atoms with Crippen LogP contribution in [0.2, 0.25) is 5.02 Å². The summed E-state index contributed by atoms with van der Waals surface area (Å²) in [5.74, 6) is 0.686. The first-order chi connectivity index (χ1) is 9.70. The van der Waals surface area contributed by atoms with Gasteiger partial charge in [0.15, 0.2) is 0 Å². The molecule has 0 fully saturated rings. The summed E-state index contributed by atoms with van der Waals surface area (Å²) in [5.41, 5.74) is 3.45. The van der Waals surface area contributed by atoms with Gasteiger partial charge in [-0.05, 0) is 55.5 Å². The number of hydrogen-bond acceptors (Lipinski definition) is 1. The predicted molar refractivity (Wildman–Crippen MR) is 94.8 cm³/mol. The van der Waals surface area contributed by atoms with Gasteiger partial charge in [0, 0.05) is 15.2 Å². The van der Waals surface area contributed by atoms with Crippen molar-refractivity contribution < 1.29 is 0 Å². The average molecular weight is 364 g/mol. The van der Waals surface area contributed by atoms with E-state index in [9.17, 15) is 0 Å². The Bertz CT molecular complexity index is 783. The lowest BCUT2D eigenvalue weighted by Gasteiger charge is -2.12. The van der Waals surface area contributed by atoms with Gasteiger partial charge < -0.3 is 0 Å². The summed E-state index contributed by atoms with van der Waals surface area (Å²) >= 11 is 14.3. The Kier molecular flexibility index (Phi) is 4.06. The van der Waals surface area contributed by atoms with Gasteiger partial charge in [0.25, 0.3) is 0 Å². The highest BCUT2D eigenvalue weighted by Gasteiger charge is 2.11. The quantitative estimate of drug-likeness (QED) is 0.504. The van der Waals surface area contributed by atoms with Gasteiger partial charge in [0.05, 0.1) is 0 Å². The van der Waals surface area contributed by atoms with Crippen molar-refractivity contribution in [1.82, 2.24) is 0 Å². The van der Waals surface area contributed by atoms with Crippen LogP contribution in [-0.2, 0) is 5.75 Å². The predicted octanol–water partition coefficient (Wildman–Crippen LogP) is 6.35. The van der Waals surface area contributed by atoms with Crippen LogP contribution in [0.4, 0.5) is 0 Å². The molecule has 0 heterocycles. The van der Waals surface area contributed by atoms with Crippen LogP contribution < -0.4 is 0 Å². The van der Waals surface area contributed by atoms with Crippen molar-refractivity contribution in [1.29, 1.82) is 0 Å². The second kappa shape index (κ2) is 5.80. The Balaban J connectivity index is 2.30. The second-order valence-corrected chi connectivity index (χ2v) is 6.15. The van der Waals surface area contributed by atoms with E-state index >= 15 is 0 Å². The molecule has 3 aromatic carbocycles. The number of thiol groups is 1. The molecule has 3 aromatic rings. The molecular weight excluding hydrogens is 352 g/mol. The van der Waals surface area contributed by atoms with E-state index in [0.717, 1.165) is 20.6 Å². The van der Waals surface area contributed by atoms with E-state index < -0.39 is 0 Å². The van der Waals surface area contributed by atoms with Gasteiger partial charge in [-0.2, -0.15) is 12.6 Å². The van der Waals surface area contributed by atoms with Crippen molar-refractivity contribution in [2.45, 2.75) is 5.75 Å². The van der Waals surface area contributed by atoms with Gasteiger partial charge >= 0.3 is 0 Å². The summed E-state index contributed by atoms with van der Waals surface area (Å²) in [6, 6.07) is 18.5. The molecule has 0 unspecified atom stereocenters. The SMILES string of the molecule is SCc1ccc(Cl)cc1-c1ccc2ccccc2c1Br. The molecule has 0 atom stereocenters. The first kappa shape index (κ1) is 14.0. The van der Waals surface area contributed by atoms with Crippen LogP contribution >= 0.6 is 40.2 Å². The van der Waals surface area contributed by atoms with E-state index in [2.05, 4.69) is 52.8 Å². The zero-order valence-corrected chi connectivity index (χ0v) is 13.8. The van der Waals surface area contributed by atoms with Crippen LogP contribution in [0.5, 0.6) is 0 Å². The smallest absolute Gasteiger partial charge is 0.0412 e. The lowest BCUT2D eigenvalue weighted by molar-refractivity contribution is 1.42. The summed E-state index contributed by atoms with van der Waals surface area (Å²) < 4.78 is 1.10. The highest BCUT2D eigenvalue weighted by molar-refractivity contribution is 9.10. The Hall–Kier alpha value is -0.960. The molecule has 3 heteroatoms. The molecule has 0 aliphatic heterocycles. The molecule has 0 bridgehead atoms. The maximum Gasteiger partial charge on any atom is 0.0412 e. The average Bonchev–Trinajstić information content (AvgIpc) is 2.48. The van der Waals surface area contributed by atoms with Gasteiger partial charge in [-0.25, -0.2) is 0 Å². The third-order valence-electron chi connectivity index (χ3n) is 3.40. The van der Waals surface area contributed by atoms with E-state index in [1.807, 2.05) is 30.3 Å². The molecular formula is C17H12BrClS. The van der Waals surface area contributed by atoms with E-state index in [1.54, 1.807) is 0 Å². The minimum absolute atomic E-state index is 0.686. The maximum absolute atomic E-state index is 6.15. The third-order valence-corrected chi connectivity index (χ3v) is 4.83. The number of fused-ring (bicyclic) bond motifs is 1. The largest absolute Gasteiger partial charge is 0.175 e. The van der Waals surface area contributed by atoms with Crippen LogP contribution in [-0.4, -0.2) is 0 Å².